The van der Waals surface area contributed by atoms with Gasteiger partial charge in [0.15, 0.2) is 0 Å². The van der Waals surface area contributed by atoms with Crippen LogP contribution in [0.3, 0.4) is 0 Å². The lowest BCUT2D eigenvalue weighted by Gasteiger charge is -2.39. The van der Waals surface area contributed by atoms with Gasteiger partial charge in [-0.1, -0.05) is 50.3 Å². The maximum absolute atomic E-state index is 12.1. The zero-order chi connectivity index (χ0) is 18.0. The predicted octanol–water partition coefficient (Wildman–Crippen LogP) is 3.97. The van der Waals surface area contributed by atoms with Gasteiger partial charge in [0.05, 0.1) is 11.4 Å². The van der Waals surface area contributed by atoms with Crippen molar-refractivity contribution in [2.45, 2.75) is 63.8 Å². The zero-order valence-corrected chi connectivity index (χ0v) is 16.2. The molecule has 0 spiro atoms. The van der Waals surface area contributed by atoms with E-state index in [1.807, 2.05) is 24.3 Å². The number of piperidine rings is 1. The van der Waals surface area contributed by atoms with Crippen LogP contribution >= 0.6 is 0 Å². The van der Waals surface area contributed by atoms with E-state index in [-0.39, 0.29) is 5.92 Å². The predicted molar refractivity (Wildman–Crippen MR) is 106 cm³/mol. The second-order valence-electron chi connectivity index (χ2n) is 7.91. The summed E-state index contributed by atoms with van der Waals surface area (Å²) < 4.78 is 30.9. The molecule has 0 radical (unpaired) electrons. The summed E-state index contributed by atoms with van der Waals surface area (Å²) >= 11 is 0. The van der Waals surface area contributed by atoms with E-state index >= 15 is 0 Å². The normalized spacial score (nSPS) is 25.5. The number of rotatable bonds is 2. The fraction of sp³-hybridized carbons (Fsp3) is 0.650. The number of hydrogen-bond donors (Lipinski definition) is 1. The summed E-state index contributed by atoms with van der Waals surface area (Å²) in [5.41, 5.74) is 2.38. The van der Waals surface area contributed by atoms with Crippen molar-refractivity contribution in [3.05, 3.63) is 29.8 Å². The van der Waals surface area contributed by atoms with Gasteiger partial charge in [-0.2, -0.15) is 8.42 Å². The van der Waals surface area contributed by atoms with Crippen LogP contribution in [0.5, 0.6) is 0 Å². The maximum atomic E-state index is 12.1. The molecule has 3 aliphatic rings. The van der Waals surface area contributed by atoms with Gasteiger partial charge in [0.2, 0.25) is 0 Å². The van der Waals surface area contributed by atoms with Crippen molar-refractivity contribution in [3.8, 4) is 0 Å². The second kappa shape index (κ2) is 7.69. The number of nitrogens with one attached hydrogen (secondary N) is 1. The van der Waals surface area contributed by atoms with Crippen molar-refractivity contribution < 1.29 is 8.42 Å². The third-order valence-corrected chi connectivity index (χ3v) is 7.08. The standard InChI is InChI=1S/C20H29N3O2S/c24-26(25)21-19-11-7-6-10-18(19)20(22-26)16-12-14-23(15-13-16)17-8-4-2-1-3-5-9-17/h6-7,10-11,16-17,21H,1-5,8-9,12-15H2. The Morgan fingerprint density at radius 3 is 2.31 bits per heavy atom. The van der Waals surface area contributed by atoms with Crippen LogP contribution in [-0.4, -0.2) is 38.2 Å². The molecule has 2 aliphatic heterocycles. The van der Waals surface area contributed by atoms with Crippen LogP contribution in [0.1, 0.15) is 63.4 Å². The largest absolute Gasteiger partial charge is 0.342 e. The molecule has 5 nitrogen and oxygen atoms in total. The van der Waals surface area contributed by atoms with Gasteiger partial charge in [-0.3, -0.25) is 4.72 Å². The average molecular weight is 376 g/mol. The van der Waals surface area contributed by atoms with Crippen molar-refractivity contribution in [2.24, 2.45) is 10.3 Å². The fourth-order valence-electron chi connectivity index (χ4n) is 4.77. The highest BCUT2D eigenvalue weighted by Gasteiger charge is 2.32. The lowest BCUT2D eigenvalue weighted by molar-refractivity contribution is 0.128. The summed E-state index contributed by atoms with van der Waals surface area (Å²) in [7, 11) is -3.61. The summed E-state index contributed by atoms with van der Waals surface area (Å²) in [6.45, 7) is 2.12. The minimum absolute atomic E-state index is 0.234. The van der Waals surface area contributed by atoms with Crippen LogP contribution in [0.25, 0.3) is 0 Å². The van der Waals surface area contributed by atoms with Crippen molar-refractivity contribution >= 4 is 21.6 Å². The van der Waals surface area contributed by atoms with Gasteiger partial charge < -0.3 is 4.90 Å². The number of benzene rings is 1. The lowest BCUT2D eigenvalue weighted by Crippen LogP contribution is -2.43. The highest BCUT2D eigenvalue weighted by Crippen LogP contribution is 2.32. The summed E-state index contributed by atoms with van der Waals surface area (Å²) in [5, 5.41) is 0. The van der Waals surface area contributed by atoms with Crippen LogP contribution < -0.4 is 4.72 Å². The number of fused-ring (bicyclic) bond motifs is 1. The van der Waals surface area contributed by atoms with Crippen LogP contribution in [0, 0.1) is 5.92 Å². The first kappa shape index (κ1) is 18.0. The molecule has 0 unspecified atom stereocenters. The molecule has 6 heteroatoms. The number of anilines is 1. The smallest absolute Gasteiger partial charge is 0.300 e. The van der Waals surface area contributed by atoms with E-state index in [2.05, 4.69) is 14.0 Å². The van der Waals surface area contributed by atoms with E-state index in [9.17, 15) is 8.42 Å². The molecule has 0 bridgehead atoms. The molecule has 1 saturated heterocycles. The summed E-state index contributed by atoms with van der Waals surface area (Å²) in [5.74, 6) is 0.234. The summed E-state index contributed by atoms with van der Waals surface area (Å²) in [6.07, 6.45) is 11.5. The van der Waals surface area contributed by atoms with E-state index < -0.39 is 10.2 Å². The Hall–Kier alpha value is -1.40. The molecule has 0 amide bonds. The van der Waals surface area contributed by atoms with E-state index in [0.29, 0.717) is 5.69 Å². The van der Waals surface area contributed by atoms with Crippen LogP contribution in [0.2, 0.25) is 0 Å². The monoisotopic (exact) mass is 375 g/mol. The Labute approximate surface area is 157 Å². The second-order valence-corrected chi connectivity index (χ2v) is 9.25. The molecule has 2 fully saturated rings. The van der Waals surface area contributed by atoms with Crippen molar-refractivity contribution in [3.63, 3.8) is 0 Å². The third-order valence-electron chi connectivity index (χ3n) is 6.17. The molecule has 1 aliphatic carbocycles. The fourth-order valence-corrected chi connectivity index (χ4v) is 5.78. The molecule has 1 aromatic carbocycles. The Morgan fingerprint density at radius 1 is 0.923 bits per heavy atom. The molecule has 26 heavy (non-hydrogen) atoms. The molecule has 1 N–H and O–H groups in total. The maximum Gasteiger partial charge on any atom is 0.342 e. The number of para-hydroxylation sites is 1. The first-order valence-corrected chi connectivity index (χ1v) is 11.5. The van der Waals surface area contributed by atoms with E-state index in [1.54, 1.807) is 0 Å². The minimum atomic E-state index is -3.61. The topological polar surface area (TPSA) is 61.8 Å². The molecule has 1 saturated carbocycles. The first-order valence-electron chi connectivity index (χ1n) is 10.1. The highest BCUT2D eigenvalue weighted by atomic mass is 32.2. The summed E-state index contributed by atoms with van der Waals surface area (Å²) in [6, 6.07) is 8.35. The van der Waals surface area contributed by atoms with Crippen LogP contribution in [-0.2, 0) is 10.2 Å². The SMILES string of the molecule is O=S1(=O)N=C(C2CCN(C3CCCCCCC3)CC2)c2ccccc2N1. The highest BCUT2D eigenvalue weighted by molar-refractivity contribution is 7.91. The number of nitrogens with zero attached hydrogens (tertiary/aromatic N) is 2. The average Bonchev–Trinajstić information content (AvgIpc) is 2.60. The summed E-state index contributed by atoms with van der Waals surface area (Å²) in [4.78, 5) is 2.66. The molecule has 142 valence electrons. The Kier molecular flexibility index (Phi) is 5.32. The van der Waals surface area contributed by atoms with Gasteiger partial charge in [-0.25, -0.2) is 0 Å². The minimum Gasteiger partial charge on any atom is -0.300 e. The third kappa shape index (κ3) is 3.96. The Bertz CT molecular complexity index is 759. The number of hydrogen-bond acceptors (Lipinski definition) is 3. The van der Waals surface area contributed by atoms with Gasteiger partial charge in [0.25, 0.3) is 0 Å². The molecular weight excluding hydrogens is 346 g/mol. The quantitative estimate of drug-likeness (QED) is 0.851. The molecule has 1 aromatic rings. The molecule has 2 heterocycles. The van der Waals surface area contributed by atoms with Crippen molar-refractivity contribution in [1.82, 2.24) is 4.90 Å². The van der Waals surface area contributed by atoms with Gasteiger partial charge in [0.1, 0.15) is 0 Å². The van der Waals surface area contributed by atoms with Gasteiger partial charge >= 0.3 is 10.2 Å². The molecular formula is C20H29N3O2S. The lowest BCUT2D eigenvalue weighted by atomic mass is 9.86. The number of likely N-dealkylation sites (tertiary alicyclic amines) is 1. The van der Waals surface area contributed by atoms with Gasteiger partial charge in [0, 0.05) is 17.5 Å². The van der Waals surface area contributed by atoms with E-state index in [0.717, 1.165) is 43.2 Å². The van der Waals surface area contributed by atoms with Crippen LogP contribution in [0.15, 0.2) is 28.7 Å². The van der Waals surface area contributed by atoms with Gasteiger partial charge in [-0.05, 0) is 44.8 Å². The zero-order valence-electron chi connectivity index (χ0n) is 15.4. The molecule has 4 rings (SSSR count). The van der Waals surface area contributed by atoms with Crippen molar-refractivity contribution in [2.75, 3.05) is 17.8 Å². The van der Waals surface area contributed by atoms with Crippen LogP contribution in [0.4, 0.5) is 5.69 Å². The Morgan fingerprint density at radius 2 is 1.58 bits per heavy atom. The van der Waals surface area contributed by atoms with E-state index in [4.69, 9.17) is 0 Å². The molecule has 0 aromatic heterocycles. The Balaban J connectivity index is 1.46. The van der Waals surface area contributed by atoms with Crippen molar-refractivity contribution in [1.29, 1.82) is 0 Å². The van der Waals surface area contributed by atoms with Gasteiger partial charge in [-0.15, -0.1) is 4.40 Å². The first-order chi connectivity index (χ1) is 12.6. The van der Waals surface area contributed by atoms with E-state index in [1.165, 1.54) is 44.9 Å². The molecule has 0 atom stereocenters.